The predicted molar refractivity (Wildman–Crippen MR) is 51.9 cm³/mol. The van der Waals surface area contributed by atoms with Crippen molar-refractivity contribution in [1.29, 1.82) is 0 Å². The molecule has 0 fully saturated rings. The quantitative estimate of drug-likeness (QED) is 0.827. The first-order valence-electron chi connectivity index (χ1n) is 4.00. The zero-order valence-electron chi connectivity index (χ0n) is 7.81. The van der Waals surface area contributed by atoms with E-state index in [1.807, 2.05) is 0 Å². The van der Waals surface area contributed by atoms with Gasteiger partial charge in [-0.3, -0.25) is 4.79 Å². The van der Waals surface area contributed by atoms with Crippen LogP contribution in [-0.2, 0) is 0 Å². The highest BCUT2D eigenvalue weighted by molar-refractivity contribution is 7.14. The van der Waals surface area contributed by atoms with Crippen molar-refractivity contribution in [2.75, 3.05) is 12.3 Å². The van der Waals surface area contributed by atoms with E-state index in [1.54, 1.807) is 12.2 Å². The van der Waals surface area contributed by atoms with Crippen molar-refractivity contribution in [1.82, 2.24) is 5.32 Å². The first-order valence-corrected chi connectivity index (χ1v) is 4.82. The third kappa shape index (κ3) is 3.43. The fraction of sp³-hybridized carbons (Fsp3) is 0.375. The van der Waals surface area contributed by atoms with Gasteiger partial charge in [-0.2, -0.15) is 13.2 Å². The topological polar surface area (TPSA) is 55.1 Å². The zero-order chi connectivity index (χ0) is 11.6. The number of aryl methyl sites for hydroxylation is 1. The smallest absolute Gasteiger partial charge is 0.398 e. The number of rotatable bonds is 2. The molecule has 15 heavy (non-hydrogen) atoms. The van der Waals surface area contributed by atoms with E-state index < -0.39 is 18.6 Å². The molecule has 7 heteroatoms. The molecule has 0 radical (unpaired) electrons. The van der Waals surface area contributed by atoms with E-state index in [0.29, 0.717) is 10.6 Å². The Labute approximate surface area is 88.1 Å². The summed E-state index contributed by atoms with van der Waals surface area (Å²) in [5, 5.41) is 1.77. The monoisotopic (exact) mass is 238 g/mol. The number of amides is 1. The van der Waals surface area contributed by atoms with Gasteiger partial charge in [0, 0.05) is 10.6 Å². The molecule has 1 amide bonds. The van der Waals surface area contributed by atoms with Crippen LogP contribution < -0.4 is 11.1 Å². The molecule has 0 atom stereocenters. The van der Waals surface area contributed by atoms with E-state index in [9.17, 15) is 18.0 Å². The average Bonchev–Trinajstić information content (AvgIpc) is 2.42. The Kier molecular flexibility index (Phi) is 3.23. The largest absolute Gasteiger partial charge is 0.405 e. The lowest BCUT2D eigenvalue weighted by Crippen LogP contribution is -2.33. The molecule has 0 bridgehead atoms. The number of alkyl halides is 3. The number of nitrogens with one attached hydrogen (secondary N) is 1. The Morgan fingerprint density at radius 2 is 2.20 bits per heavy atom. The molecule has 1 aromatic heterocycles. The maximum Gasteiger partial charge on any atom is 0.405 e. The Hall–Kier alpha value is -1.24. The minimum atomic E-state index is -4.40. The Morgan fingerprint density at radius 1 is 1.60 bits per heavy atom. The molecule has 0 saturated heterocycles. The minimum absolute atomic E-state index is 0.189. The number of nitrogen functional groups attached to an aromatic ring is 1. The molecule has 1 rings (SSSR count). The summed E-state index contributed by atoms with van der Waals surface area (Å²) >= 11 is 1.07. The number of anilines is 1. The summed E-state index contributed by atoms with van der Waals surface area (Å²) in [4.78, 5) is 12.1. The number of nitrogens with two attached hydrogens (primary N) is 1. The van der Waals surface area contributed by atoms with Gasteiger partial charge >= 0.3 is 6.18 Å². The molecule has 0 unspecified atom stereocenters. The van der Waals surface area contributed by atoms with Crippen LogP contribution in [0.2, 0.25) is 0 Å². The summed E-state index contributed by atoms with van der Waals surface area (Å²) in [7, 11) is 0. The highest BCUT2D eigenvalue weighted by Gasteiger charge is 2.28. The van der Waals surface area contributed by atoms with Crippen molar-refractivity contribution in [3.05, 3.63) is 15.8 Å². The van der Waals surface area contributed by atoms with E-state index in [0.717, 1.165) is 11.3 Å². The average molecular weight is 238 g/mol. The van der Waals surface area contributed by atoms with E-state index >= 15 is 0 Å². The molecule has 84 valence electrons. The highest BCUT2D eigenvalue weighted by atomic mass is 32.1. The van der Waals surface area contributed by atoms with Crippen molar-refractivity contribution in [2.24, 2.45) is 0 Å². The Morgan fingerprint density at radius 3 is 2.60 bits per heavy atom. The summed E-state index contributed by atoms with van der Waals surface area (Å²) in [5.41, 5.74) is 5.88. The predicted octanol–water partition coefficient (Wildman–Crippen LogP) is 1.93. The van der Waals surface area contributed by atoms with Crippen LogP contribution in [0.5, 0.6) is 0 Å². The van der Waals surface area contributed by atoms with Crippen molar-refractivity contribution in [2.45, 2.75) is 13.1 Å². The molecular weight excluding hydrogens is 229 g/mol. The summed E-state index contributed by atoms with van der Waals surface area (Å²) in [6, 6.07) is 1.37. The van der Waals surface area contributed by atoms with E-state index in [-0.39, 0.29) is 4.88 Å². The SMILES string of the molecule is Cc1sc(C(=O)NCC(F)(F)F)cc1N. The van der Waals surface area contributed by atoms with Crippen molar-refractivity contribution >= 4 is 22.9 Å². The first-order chi connectivity index (χ1) is 6.79. The fourth-order valence-corrected chi connectivity index (χ4v) is 1.73. The van der Waals surface area contributed by atoms with Crippen molar-refractivity contribution in [3.63, 3.8) is 0 Å². The van der Waals surface area contributed by atoms with Gasteiger partial charge in [0.05, 0.1) is 4.88 Å². The molecule has 3 nitrogen and oxygen atoms in total. The molecule has 1 heterocycles. The van der Waals surface area contributed by atoms with Crippen LogP contribution in [0.25, 0.3) is 0 Å². The van der Waals surface area contributed by atoms with Gasteiger partial charge in [0.1, 0.15) is 6.54 Å². The number of carbonyl (C=O) groups is 1. The molecule has 0 aliphatic heterocycles. The van der Waals surface area contributed by atoms with Crippen LogP contribution in [0.3, 0.4) is 0 Å². The van der Waals surface area contributed by atoms with Crippen LogP contribution in [0, 0.1) is 6.92 Å². The maximum atomic E-state index is 11.8. The summed E-state index contributed by atoms with van der Waals surface area (Å²) in [5.74, 6) is -0.753. The van der Waals surface area contributed by atoms with Gasteiger partial charge in [0.25, 0.3) is 5.91 Å². The van der Waals surface area contributed by atoms with Gasteiger partial charge in [-0.1, -0.05) is 0 Å². The third-order valence-electron chi connectivity index (χ3n) is 1.63. The molecule has 0 saturated carbocycles. The van der Waals surface area contributed by atoms with Crippen LogP contribution >= 0.6 is 11.3 Å². The maximum absolute atomic E-state index is 11.8. The van der Waals surface area contributed by atoms with Crippen LogP contribution in [0.1, 0.15) is 14.5 Å². The lowest BCUT2D eigenvalue weighted by Gasteiger charge is -2.06. The van der Waals surface area contributed by atoms with Crippen molar-refractivity contribution in [3.8, 4) is 0 Å². The molecule has 0 aromatic carbocycles. The lowest BCUT2D eigenvalue weighted by atomic mass is 10.3. The van der Waals surface area contributed by atoms with Crippen LogP contribution in [0.15, 0.2) is 6.07 Å². The Balaban J connectivity index is 2.62. The second kappa shape index (κ2) is 4.09. The highest BCUT2D eigenvalue weighted by Crippen LogP contribution is 2.23. The number of halogens is 3. The second-order valence-corrected chi connectivity index (χ2v) is 4.18. The molecular formula is C8H9F3N2OS. The lowest BCUT2D eigenvalue weighted by molar-refractivity contribution is -0.123. The number of hydrogen-bond acceptors (Lipinski definition) is 3. The zero-order valence-corrected chi connectivity index (χ0v) is 8.63. The number of carbonyl (C=O) groups excluding carboxylic acids is 1. The minimum Gasteiger partial charge on any atom is -0.398 e. The molecule has 0 aliphatic carbocycles. The molecule has 0 aliphatic rings. The van der Waals surface area contributed by atoms with Gasteiger partial charge in [-0.25, -0.2) is 0 Å². The first kappa shape index (κ1) is 11.8. The molecule has 3 N–H and O–H groups in total. The van der Waals surface area contributed by atoms with Crippen LogP contribution in [0.4, 0.5) is 18.9 Å². The van der Waals surface area contributed by atoms with Gasteiger partial charge in [-0.05, 0) is 13.0 Å². The van der Waals surface area contributed by atoms with E-state index in [4.69, 9.17) is 5.73 Å². The summed E-state index contributed by atoms with van der Waals surface area (Å²) < 4.78 is 35.3. The molecule has 0 spiro atoms. The van der Waals surface area contributed by atoms with Gasteiger partial charge in [0.2, 0.25) is 0 Å². The third-order valence-corrected chi connectivity index (χ3v) is 2.69. The van der Waals surface area contributed by atoms with Gasteiger partial charge in [0.15, 0.2) is 0 Å². The summed E-state index contributed by atoms with van der Waals surface area (Å²) in [6.07, 6.45) is -4.40. The second-order valence-electron chi connectivity index (χ2n) is 2.92. The normalized spacial score (nSPS) is 11.5. The van der Waals surface area contributed by atoms with E-state index in [1.165, 1.54) is 6.07 Å². The van der Waals surface area contributed by atoms with Gasteiger partial charge < -0.3 is 11.1 Å². The number of hydrogen-bond donors (Lipinski definition) is 2. The van der Waals surface area contributed by atoms with E-state index in [2.05, 4.69) is 0 Å². The Bertz CT molecular complexity index is 353. The van der Waals surface area contributed by atoms with Gasteiger partial charge in [-0.15, -0.1) is 11.3 Å². The standard InChI is InChI=1S/C8H9F3N2OS/c1-4-5(12)2-6(15-4)7(14)13-3-8(9,10)11/h2H,3,12H2,1H3,(H,13,14). The van der Waals surface area contributed by atoms with Crippen molar-refractivity contribution < 1.29 is 18.0 Å². The molecule has 1 aromatic rings. The van der Waals surface area contributed by atoms with Crippen LogP contribution in [-0.4, -0.2) is 18.6 Å². The number of thiophene rings is 1. The summed E-state index contributed by atoms with van der Waals surface area (Å²) in [6.45, 7) is 0.364. The fourth-order valence-electron chi connectivity index (χ4n) is 0.876.